The van der Waals surface area contributed by atoms with Crippen LogP contribution in [0, 0.1) is 0 Å². The third kappa shape index (κ3) is 2.94. The Balaban J connectivity index is 1.42. The molecular formula is C17H22N4O3. The van der Waals surface area contributed by atoms with Crippen LogP contribution >= 0.6 is 0 Å². The van der Waals surface area contributed by atoms with E-state index in [2.05, 4.69) is 33.9 Å². The molecule has 0 radical (unpaired) electrons. The third-order valence-electron chi connectivity index (χ3n) is 4.82. The second kappa shape index (κ2) is 6.23. The summed E-state index contributed by atoms with van der Waals surface area (Å²) in [7, 11) is 0. The first-order chi connectivity index (χ1) is 11.7. The molecule has 24 heavy (non-hydrogen) atoms. The maximum absolute atomic E-state index is 5.98. The topological polar surface area (TPSA) is 73.5 Å². The van der Waals surface area contributed by atoms with Gasteiger partial charge < -0.3 is 14.0 Å². The van der Waals surface area contributed by atoms with Crippen molar-refractivity contribution < 1.29 is 14.0 Å². The van der Waals surface area contributed by atoms with Crippen molar-refractivity contribution in [2.45, 2.75) is 44.6 Å². The van der Waals surface area contributed by atoms with Gasteiger partial charge in [0.2, 0.25) is 11.7 Å². The molecule has 4 rings (SSSR count). The summed E-state index contributed by atoms with van der Waals surface area (Å²) in [4.78, 5) is 11.0. The minimum atomic E-state index is -0.384. The Morgan fingerprint density at radius 3 is 2.83 bits per heavy atom. The van der Waals surface area contributed by atoms with Gasteiger partial charge in [-0.15, -0.1) is 0 Å². The normalized spacial score (nSPS) is 25.2. The molecule has 7 heteroatoms. The van der Waals surface area contributed by atoms with Gasteiger partial charge in [-0.2, -0.15) is 4.98 Å². The van der Waals surface area contributed by atoms with Gasteiger partial charge in [-0.1, -0.05) is 5.16 Å². The molecular weight excluding hydrogens is 308 g/mol. The Bertz CT molecular complexity index is 682. The maximum Gasteiger partial charge on any atom is 0.244 e. The number of rotatable bonds is 3. The average molecular weight is 330 g/mol. The lowest BCUT2D eigenvalue weighted by Crippen LogP contribution is -2.46. The maximum atomic E-state index is 5.98. The van der Waals surface area contributed by atoms with E-state index >= 15 is 0 Å². The van der Waals surface area contributed by atoms with Crippen molar-refractivity contribution in [2.75, 3.05) is 19.7 Å². The molecule has 0 aromatic carbocycles. The molecule has 0 amide bonds. The Labute approximate surface area is 141 Å². The van der Waals surface area contributed by atoms with Crippen LogP contribution in [0.1, 0.15) is 38.6 Å². The molecule has 2 aliphatic heterocycles. The summed E-state index contributed by atoms with van der Waals surface area (Å²) >= 11 is 0. The molecule has 1 spiro atoms. The summed E-state index contributed by atoms with van der Waals surface area (Å²) in [6, 6.07) is 3.85. The minimum Gasteiger partial charge on any atom is -0.347 e. The van der Waals surface area contributed by atoms with Crippen LogP contribution in [0.15, 0.2) is 29.0 Å². The summed E-state index contributed by atoms with van der Waals surface area (Å²) in [6.07, 6.45) is 5.38. The molecule has 128 valence electrons. The average Bonchev–Trinajstić information content (AvgIpc) is 3.24. The number of piperidine rings is 1. The highest BCUT2D eigenvalue weighted by atomic mass is 16.7. The van der Waals surface area contributed by atoms with Crippen LogP contribution in [-0.2, 0) is 9.47 Å². The number of hydrogen-bond donors (Lipinski definition) is 0. The van der Waals surface area contributed by atoms with Gasteiger partial charge in [0.1, 0.15) is 0 Å². The smallest absolute Gasteiger partial charge is 0.244 e. The van der Waals surface area contributed by atoms with Gasteiger partial charge in [0.05, 0.1) is 18.8 Å². The van der Waals surface area contributed by atoms with E-state index in [1.807, 2.05) is 12.1 Å². The van der Waals surface area contributed by atoms with Crippen molar-refractivity contribution in [3.05, 3.63) is 30.4 Å². The zero-order chi connectivity index (χ0) is 16.6. The van der Waals surface area contributed by atoms with E-state index in [9.17, 15) is 0 Å². The quantitative estimate of drug-likeness (QED) is 0.855. The lowest BCUT2D eigenvalue weighted by Gasteiger charge is -2.39. The fourth-order valence-electron chi connectivity index (χ4n) is 3.39. The summed E-state index contributed by atoms with van der Waals surface area (Å²) in [6.45, 7) is 6.62. The molecule has 2 fully saturated rings. The lowest BCUT2D eigenvalue weighted by atomic mass is 10.0. The van der Waals surface area contributed by atoms with E-state index in [0.717, 1.165) is 31.5 Å². The van der Waals surface area contributed by atoms with Crippen LogP contribution in [0.3, 0.4) is 0 Å². The molecule has 4 heterocycles. The second-order valence-corrected chi connectivity index (χ2v) is 6.56. The van der Waals surface area contributed by atoms with E-state index < -0.39 is 0 Å². The van der Waals surface area contributed by atoms with Crippen molar-refractivity contribution in [1.82, 2.24) is 20.0 Å². The predicted molar refractivity (Wildman–Crippen MR) is 86.0 cm³/mol. The lowest BCUT2D eigenvalue weighted by molar-refractivity contribution is -0.196. The van der Waals surface area contributed by atoms with Crippen molar-refractivity contribution in [3.8, 4) is 11.4 Å². The van der Waals surface area contributed by atoms with Gasteiger partial charge in [-0.25, -0.2) is 0 Å². The minimum absolute atomic E-state index is 0.0686. The Kier molecular flexibility index (Phi) is 4.07. The predicted octanol–water partition coefficient (Wildman–Crippen LogP) is 2.42. The van der Waals surface area contributed by atoms with Gasteiger partial charge >= 0.3 is 0 Å². The van der Waals surface area contributed by atoms with E-state index in [1.165, 1.54) is 0 Å². The molecule has 0 unspecified atom stereocenters. The number of nitrogens with zero attached hydrogens (tertiary/aromatic N) is 4. The largest absolute Gasteiger partial charge is 0.347 e. The third-order valence-corrected chi connectivity index (χ3v) is 4.82. The van der Waals surface area contributed by atoms with Crippen LogP contribution in [0.4, 0.5) is 0 Å². The summed E-state index contributed by atoms with van der Waals surface area (Å²) in [5.74, 6) is 0.826. The highest BCUT2D eigenvalue weighted by Gasteiger charge is 2.43. The molecule has 7 nitrogen and oxygen atoms in total. The van der Waals surface area contributed by atoms with Crippen LogP contribution in [0.25, 0.3) is 11.4 Å². The first-order valence-corrected chi connectivity index (χ1v) is 8.45. The highest BCUT2D eigenvalue weighted by Crippen LogP contribution is 2.36. The number of hydrogen-bond acceptors (Lipinski definition) is 7. The molecule has 0 bridgehead atoms. The zero-order valence-corrected chi connectivity index (χ0v) is 14.0. The molecule has 2 atom stereocenters. The van der Waals surface area contributed by atoms with Crippen molar-refractivity contribution in [1.29, 1.82) is 0 Å². The first-order valence-electron chi connectivity index (χ1n) is 8.45. The second-order valence-electron chi connectivity index (χ2n) is 6.56. The Morgan fingerprint density at radius 2 is 2.17 bits per heavy atom. The molecule has 2 aliphatic rings. The van der Waals surface area contributed by atoms with Gasteiger partial charge in [0.15, 0.2) is 5.79 Å². The molecule has 2 aromatic heterocycles. The summed E-state index contributed by atoms with van der Waals surface area (Å²) in [5.41, 5.74) is 0.860. The van der Waals surface area contributed by atoms with Gasteiger partial charge in [0.25, 0.3) is 0 Å². The highest BCUT2D eigenvalue weighted by molar-refractivity contribution is 5.51. The monoisotopic (exact) mass is 330 g/mol. The number of likely N-dealkylation sites (tertiary alicyclic amines) is 1. The summed E-state index contributed by atoms with van der Waals surface area (Å²) < 4.78 is 17.3. The summed E-state index contributed by atoms with van der Waals surface area (Å²) in [5, 5.41) is 4.08. The van der Waals surface area contributed by atoms with E-state index in [4.69, 9.17) is 14.0 Å². The molecule has 0 N–H and O–H groups in total. The Morgan fingerprint density at radius 1 is 1.33 bits per heavy atom. The van der Waals surface area contributed by atoms with E-state index in [-0.39, 0.29) is 17.9 Å². The number of aromatic nitrogens is 3. The fraction of sp³-hybridized carbons (Fsp3) is 0.588. The molecule has 2 saturated heterocycles. The van der Waals surface area contributed by atoms with Gasteiger partial charge in [0, 0.05) is 43.9 Å². The van der Waals surface area contributed by atoms with E-state index in [1.54, 1.807) is 12.4 Å². The van der Waals surface area contributed by atoms with Gasteiger partial charge in [-0.3, -0.25) is 9.88 Å². The van der Waals surface area contributed by atoms with Crippen molar-refractivity contribution >= 4 is 0 Å². The molecule has 2 aromatic rings. The van der Waals surface area contributed by atoms with Gasteiger partial charge in [-0.05, 0) is 26.0 Å². The van der Waals surface area contributed by atoms with Crippen molar-refractivity contribution in [2.24, 2.45) is 0 Å². The number of ether oxygens (including phenoxy) is 2. The van der Waals surface area contributed by atoms with Crippen LogP contribution in [-0.4, -0.2) is 51.6 Å². The van der Waals surface area contributed by atoms with Crippen LogP contribution in [0.5, 0.6) is 0 Å². The van der Waals surface area contributed by atoms with Crippen molar-refractivity contribution in [3.63, 3.8) is 0 Å². The zero-order valence-electron chi connectivity index (χ0n) is 14.0. The fourth-order valence-corrected chi connectivity index (χ4v) is 3.39. The standard InChI is InChI=1S/C17H22N4O3/c1-12-11-22-17(23-12)5-8-21(9-6-17)13(2)16-19-15(20-24-16)14-4-3-7-18-10-14/h3-4,7,10,12-13H,5-6,8-9,11H2,1-2H3/t12-,13-/m1/s1. The SMILES string of the molecule is C[C@@H]1COC2(CCN([C@H](C)c3nc(-c4cccnc4)no3)CC2)O1. The van der Waals surface area contributed by atoms with E-state index in [0.29, 0.717) is 18.3 Å². The Hall–Kier alpha value is -1.83. The van der Waals surface area contributed by atoms with Crippen LogP contribution in [0.2, 0.25) is 0 Å². The molecule has 0 saturated carbocycles. The first kappa shape index (κ1) is 15.7. The molecule has 0 aliphatic carbocycles. The number of pyridine rings is 1. The van der Waals surface area contributed by atoms with Crippen LogP contribution < -0.4 is 0 Å².